The fourth-order valence-corrected chi connectivity index (χ4v) is 2.78. The first-order valence-electron chi connectivity index (χ1n) is 8.58. The van der Waals surface area contributed by atoms with Crippen LogP contribution in [0.4, 0.5) is 0 Å². The van der Waals surface area contributed by atoms with Gasteiger partial charge in [0, 0.05) is 30.6 Å². The topological polar surface area (TPSA) is 81.4 Å². The van der Waals surface area contributed by atoms with E-state index in [9.17, 15) is 14.7 Å². The molecule has 1 unspecified atom stereocenters. The van der Waals surface area contributed by atoms with Crippen molar-refractivity contribution in [2.24, 2.45) is 0 Å². The lowest BCUT2D eigenvalue weighted by atomic mass is 10.1. The van der Waals surface area contributed by atoms with Crippen molar-refractivity contribution in [3.63, 3.8) is 0 Å². The molecule has 2 aromatic heterocycles. The Kier molecular flexibility index (Phi) is 5.35. The van der Waals surface area contributed by atoms with Gasteiger partial charge in [-0.05, 0) is 37.6 Å². The van der Waals surface area contributed by atoms with E-state index in [4.69, 9.17) is 4.74 Å². The molecule has 6 nitrogen and oxygen atoms in total. The molecule has 0 amide bonds. The Balaban J connectivity index is 1.98. The van der Waals surface area contributed by atoms with Crippen LogP contribution < -0.4 is 10.2 Å². The smallest absolute Gasteiger partial charge is 0.341 e. The highest BCUT2D eigenvalue weighted by Crippen LogP contribution is 2.21. The molecule has 3 aromatic rings. The van der Waals surface area contributed by atoms with E-state index in [2.05, 4.69) is 4.98 Å². The molecule has 0 aliphatic rings. The minimum atomic E-state index is -1.28. The van der Waals surface area contributed by atoms with E-state index in [0.29, 0.717) is 12.2 Å². The van der Waals surface area contributed by atoms with Gasteiger partial charge in [0.05, 0.1) is 6.20 Å². The Labute approximate surface area is 156 Å². The lowest BCUT2D eigenvalue weighted by Crippen LogP contribution is -2.21. The van der Waals surface area contributed by atoms with Gasteiger partial charge in [-0.15, -0.1) is 0 Å². The summed E-state index contributed by atoms with van der Waals surface area (Å²) in [5.41, 5.74) is 1.01. The van der Waals surface area contributed by atoms with E-state index in [1.165, 1.54) is 6.20 Å². The first-order chi connectivity index (χ1) is 13.0. The van der Waals surface area contributed by atoms with Crippen LogP contribution in [-0.4, -0.2) is 20.6 Å². The Morgan fingerprint density at radius 3 is 2.59 bits per heavy atom. The van der Waals surface area contributed by atoms with Crippen LogP contribution in [-0.2, 0) is 6.42 Å². The van der Waals surface area contributed by atoms with Crippen LogP contribution in [0.3, 0.4) is 0 Å². The molecule has 1 aromatic carbocycles. The van der Waals surface area contributed by atoms with Crippen LogP contribution >= 0.6 is 0 Å². The molecule has 138 valence electrons. The Hall–Kier alpha value is -3.41. The summed E-state index contributed by atoms with van der Waals surface area (Å²) in [6.45, 7) is 3.92. The lowest BCUT2D eigenvalue weighted by Gasteiger charge is -2.18. The number of aryl methyl sites for hydroxylation is 1. The van der Waals surface area contributed by atoms with Crippen LogP contribution in [0.2, 0.25) is 0 Å². The zero-order chi connectivity index (χ0) is 19.4. The summed E-state index contributed by atoms with van der Waals surface area (Å²) >= 11 is 0. The summed E-state index contributed by atoms with van der Waals surface area (Å²) in [7, 11) is 0. The van der Waals surface area contributed by atoms with Crippen molar-refractivity contribution < 1.29 is 14.6 Å². The van der Waals surface area contributed by atoms with Crippen molar-refractivity contribution in [2.45, 2.75) is 26.3 Å². The number of para-hydroxylation sites is 1. The maximum atomic E-state index is 12.5. The average Bonchev–Trinajstić information content (AvgIpc) is 2.65. The quantitative estimate of drug-likeness (QED) is 0.718. The van der Waals surface area contributed by atoms with Crippen LogP contribution in [0, 0.1) is 6.92 Å². The fourth-order valence-electron chi connectivity index (χ4n) is 2.78. The second-order valence-electron chi connectivity index (χ2n) is 6.35. The first kappa shape index (κ1) is 18.4. The maximum Gasteiger partial charge on any atom is 0.341 e. The maximum absolute atomic E-state index is 12.5. The van der Waals surface area contributed by atoms with Crippen LogP contribution in [0.15, 0.2) is 65.8 Å². The number of carboxylic acids is 1. The van der Waals surface area contributed by atoms with Gasteiger partial charge >= 0.3 is 5.97 Å². The van der Waals surface area contributed by atoms with E-state index < -0.39 is 11.4 Å². The fraction of sp³-hybridized carbons (Fsp3) is 0.190. The molecule has 0 aliphatic heterocycles. The normalized spacial score (nSPS) is 11.8. The number of rotatable bonds is 6. The van der Waals surface area contributed by atoms with Crippen LogP contribution in [0.25, 0.3) is 0 Å². The number of aromatic carboxylic acids is 1. The molecule has 0 spiro atoms. The highest BCUT2D eigenvalue weighted by atomic mass is 16.5. The van der Waals surface area contributed by atoms with Crippen molar-refractivity contribution in [3.05, 3.63) is 88.1 Å². The standard InChI is InChI=1S/C21H20N2O4/c1-14-7-6-10-22-18(14)11-15(2)23-12-17(21(25)26)20(24)19(13-23)27-16-8-4-3-5-9-16/h3-10,12-13,15H,11H2,1-2H3,(H,25,26). The predicted octanol–water partition coefficient (Wildman–Crippen LogP) is 3.85. The van der Waals surface area contributed by atoms with Gasteiger partial charge in [0.1, 0.15) is 11.3 Å². The SMILES string of the molecule is Cc1cccnc1CC(C)n1cc(Oc2ccccc2)c(=O)c(C(=O)O)c1. The minimum absolute atomic E-state index is 0.0225. The average molecular weight is 364 g/mol. The van der Waals surface area contributed by atoms with Crippen molar-refractivity contribution in [3.8, 4) is 11.5 Å². The molecule has 0 saturated carbocycles. The number of aromatic nitrogens is 2. The second kappa shape index (κ2) is 7.86. The van der Waals surface area contributed by atoms with Crippen molar-refractivity contribution in [1.82, 2.24) is 9.55 Å². The van der Waals surface area contributed by atoms with Gasteiger partial charge in [-0.3, -0.25) is 9.78 Å². The van der Waals surface area contributed by atoms with Gasteiger partial charge < -0.3 is 14.4 Å². The number of pyridine rings is 2. The van der Waals surface area contributed by atoms with Crippen molar-refractivity contribution >= 4 is 5.97 Å². The van der Waals surface area contributed by atoms with E-state index in [-0.39, 0.29) is 17.4 Å². The summed E-state index contributed by atoms with van der Waals surface area (Å²) in [4.78, 5) is 28.4. The molecule has 0 fully saturated rings. The molecule has 3 rings (SSSR count). The largest absolute Gasteiger partial charge is 0.477 e. The molecular weight excluding hydrogens is 344 g/mol. The molecule has 0 radical (unpaired) electrons. The molecule has 0 saturated heterocycles. The van der Waals surface area contributed by atoms with E-state index in [0.717, 1.165) is 11.3 Å². The van der Waals surface area contributed by atoms with E-state index >= 15 is 0 Å². The minimum Gasteiger partial charge on any atom is -0.477 e. The predicted molar refractivity (Wildman–Crippen MR) is 102 cm³/mol. The third-order valence-corrected chi connectivity index (χ3v) is 4.33. The van der Waals surface area contributed by atoms with Crippen LogP contribution in [0.5, 0.6) is 11.5 Å². The summed E-state index contributed by atoms with van der Waals surface area (Å²) < 4.78 is 7.34. The number of carbonyl (C=O) groups is 1. The molecule has 27 heavy (non-hydrogen) atoms. The Morgan fingerprint density at radius 2 is 1.93 bits per heavy atom. The molecule has 6 heteroatoms. The number of hydrogen-bond acceptors (Lipinski definition) is 4. The molecule has 0 aliphatic carbocycles. The van der Waals surface area contributed by atoms with Crippen LogP contribution in [0.1, 0.15) is 34.6 Å². The molecule has 0 bridgehead atoms. The zero-order valence-corrected chi connectivity index (χ0v) is 15.1. The zero-order valence-electron chi connectivity index (χ0n) is 15.1. The molecular formula is C21H20N2O4. The van der Waals surface area contributed by atoms with Gasteiger partial charge in [0.2, 0.25) is 5.43 Å². The highest BCUT2D eigenvalue weighted by Gasteiger charge is 2.18. The summed E-state index contributed by atoms with van der Waals surface area (Å²) in [5.74, 6) is -0.837. The third kappa shape index (κ3) is 4.23. The summed E-state index contributed by atoms with van der Waals surface area (Å²) in [6, 6.07) is 12.5. The number of nitrogens with zero attached hydrogens (tertiary/aromatic N) is 2. The summed E-state index contributed by atoms with van der Waals surface area (Å²) in [6.07, 6.45) is 5.22. The summed E-state index contributed by atoms with van der Waals surface area (Å²) in [5, 5.41) is 9.42. The van der Waals surface area contributed by atoms with Crippen molar-refractivity contribution in [2.75, 3.05) is 0 Å². The van der Waals surface area contributed by atoms with Gasteiger partial charge in [0.25, 0.3) is 0 Å². The second-order valence-corrected chi connectivity index (χ2v) is 6.35. The van der Waals surface area contributed by atoms with E-state index in [1.54, 1.807) is 41.2 Å². The Morgan fingerprint density at radius 1 is 1.19 bits per heavy atom. The molecule has 1 atom stereocenters. The monoisotopic (exact) mass is 364 g/mol. The van der Waals surface area contributed by atoms with Gasteiger partial charge in [-0.1, -0.05) is 24.3 Å². The van der Waals surface area contributed by atoms with Gasteiger partial charge in [-0.2, -0.15) is 0 Å². The number of hydrogen-bond donors (Lipinski definition) is 1. The van der Waals surface area contributed by atoms with Gasteiger partial charge in [0.15, 0.2) is 5.75 Å². The number of benzene rings is 1. The van der Waals surface area contributed by atoms with Crippen molar-refractivity contribution in [1.29, 1.82) is 0 Å². The number of carboxylic acid groups (broad SMARTS) is 1. The molecule has 2 heterocycles. The first-order valence-corrected chi connectivity index (χ1v) is 8.58. The molecule has 1 N–H and O–H groups in total. The Bertz CT molecular complexity index is 1010. The highest BCUT2D eigenvalue weighted by molar-refractivity contribution is 5.87. The van der Waals surface area contributed by atoms with Gasteiger partial charge in [-0.25, -0.2) is 4.79 Å². The third-order valence-electron chi connectivity index (χ3n) is 4.33. The van der Waals surface area contributed by atoms with E-state index in [1.807, 2.05) is 32.0 Å². The lowest BCUT2D eigenvalue weighted by molar-refractivity contribution is 0.0694. The number of ether oxygens (including phenoxy) is 1.